The molecule has 0 saturated carbocycles. The number of hydrogen-bond acceptors (Lipinski definition) is 3. The maximum atomic E-state index is 12.8. The van der Waals surface area contributed by atoms with E-state index in [-0.39, 0.29) is 12.0 Å². The van der Waals surface area contributed by atoms with Crippen LogP contribution in [0, 0.1) is 13.8 Å². The highest BCUT2D eigenvalue weighted by Gasteiger charge is 2.20. The zero-order chi connectivity index (χ0) is 18.1. The normalized spacial score (nSPS) is 17.1. The zero-order valence-corrected chi connectivity index (χ0v) is 16.1. The molecule has 1 aliphatic rings. The lowest BCUT2D eigenvalue weighted by atomic mass is 10.1. The fourth-order valence-corrected chi connectivity index (χ4v) is 4.46. The summed E-state index contributed by atoms with van der Waals surface area (Å²) in [4.78, 5) is 14.1. The molecule has 0 aliphatic carbocycles. The Morgan fingerprint density at radius 3 is 2.81 bits per heavy atom. The van der Waals surface area contributed by atoms with Crippen molar-refractivity contribution in [2.75, 3.05) is 13.2 Å². The molecule has 1 fully saturated rings. The standard InChI is InChI=1S/C21H24N2O2S/c1-14-5-7-16(8-6-14)13-23-18-10-15(2)26-20(18)11-19(23)21(24)22-12-17-4-3-9-25-17/h5-8,10-11,17H,3-4,9,12-13H2,1-2H3,(H,22,24). The van der Waals surface area contributed by atoms with Crippen LogP contribution in [0.15, 0.2) is 36.4 Å². The second kappa shape index (κ2) is 7.25. The van der Waals surface area contributed by atoms with Gasteiger partial charge in [-0.15, -0.1) is 11.3 Å². The average Bonchev–Trinajstić information content (AvgIpc) is 3.32. The van der Waals surface area contributed by atoms with E-state index < -0.39 is 0 Å². The van der Waals surface area contributed by atoms with Crippen LogP contribution in [0.5, 0.6) is 0 Å². The molecule has 2 aromatic heterocycles. The Bertz CT molecular complexity index is 918. The van der Waals surface area contributed by atoms with Gasteiger partial charge in [0.25, 0.3) is 5.91 Å². The minimum atomic E-state index is -0.0198. The summed E-state index contributed by atoms with van der Waals surface area (Å²) in [5, 5.41) is 3.06. The van der Waals surface area contributed by atoms with E-state index in [1.807, 2.05) is 6.07 Å². The second-order valence-corrected chi connectivity index (χ2v) is 8.34. The van der Waals surface area contributed by atoms with Crippen LogP contribution in [0.25, 0.3) is 10.2 Å². The van der Waals surface area contributed by atoms with Gasteiger partial charge in [0.05, 0.1) is 16.3 Å². The van der Waals surface area contributed by atoms with E-state index in [1.54, 1.807) is 11.3 Å². The number of thiophene rings is 1. The topological polar surface area (TPSA) is 43.3 Å². The summed E-state index contributed by atoms with van der Waals surface area (Å²) in [7, 11) is 0. The second-order valence-electron chi connectivity index (χ2n) is 7.05. The molecule has 1 aromatic carbocycles. The minimum absolute atomic E-state index is 0.0198. The van der Waals surface area contributed by atoms with Gasteiger partial charge in [-0.25, -0.2) is 0 Å². The fourth-order valence-electron chi connectivity index (χ4n) is 3.50. The molecule has 26 heavy (non-hydrogen) atoms. The van der Waals surface area contributed by atoms with Crippen molar-refractivity contribution in [1.82, 2.24) is 9.88 Å². The number of carbonyl (C=O) groups is 1. The van der Waals surface area contributed by atoms with Gasteiger partial charge in [0.1, 0.15) is 5.69 Å². The van der Waals surface area contributed by atoms with Crippen molar-refractivity contribution in [1.29, 1.82) is 0 Å². The molecule has 3 heterocycles. The quantitative estimate of drug-likeness (QED) is 0.731. The number of aryl methyl sites for hydroxylation is 2. The number of nitrogens with zero attached hydrogens (tertiary/aromatic N) is 1. The molecule has 4 nitrogen and oxygen atoms in total. The van der Waals surface area contributed by atoms with E-state index in [0.717, 1.165) is 35.4 Å². The molecule has 1 aliphatic heterocycles. The minimum Gasteiger partial charge on any atom is -0.376 e. The lowest BCUT2D eigenvalue weighted by Crippen LogP contribution is -2.33. The van der Waals surface area contributed by atoms with Crippen molar-refractivity contribution in [2.45, 2.75) is 39.3 Å². The molecule has 4 rings (SSSR count). The molecule has 0 spiro atoms. The number of amides is 1. The Morgan fingerprint density at radius 1 is 1.27 bits per heavy atom. The van der Waals surface area contributed by atoms with Crippen LogP contribution < -0.4 is 5.32 Å². The van der Waals surface area contributed by atoms with Gasteiger partial charge in [-0.1, -0.05) is 29.8 Å². The first kappa shape index (κ1) is 17.3. The highest BCUT2D eigenvalue weighted by molar-refractivity contribution is 7.19. The highest BCUT2D eigenvalue weighted by atomic mass is 32.1. The molecule has 1 atom stereocenters. The van der Waals surface area contributed by atoms with Crippen molar-refractivity contribution >= 4 is 27.5 Å². The van der Waals surface area contributed by atoms with Crippen molar-refractivity contribution in [2.24, 2.45) is 0 Å². The molecule has 0 bridgehead atoms. The van der Waals surface area contributed by atoms with Crippen LogP contribution in [0.2, 0.25) is 0 Å². The number of carbonyl (C=O) groups excluding carboxylic acids is 1. The number of nitrogens with one attached hydrogen (secondary N) is 1. The van der Waals surface area contributed by atoms with E-state index in [4.69, 9.17) is 4.74 Å². The molecular formula is C21H24N2O2S. The van der Waals surface area contributed by atoms with Crippen molar-refractivity contribution in [3.63, 3.8) is 0 Å². The molecule has 5 heteroatoms. The smallest absolute Gasteiger partial charge is 0.268 e. The molecule has 136 valence electrons. The third-order valence-corrected chi connectivity index (χ3v) is 5.91. The number of fused-ring (bicyclic) bond motifs is 1. The molecule has 1 N–H and O–H groups in total. The van der Waals surface area contributed by atoms with Crippen LogP contribution in [-0.4, -0.2) is 29.7 Å². The number of rotatable bonds is 5. The van der Waals surface area contributed by atoms with E-state index in [9.17, 15) is 4.79 Å². The van der Waals surface area contributed by atoms with Crippen LogP contribution >= 0.6 is 11.3 Å². The maximum absolute atomic E-state index is 12.8. The van der Waals surface area contributed by atoms with Gasteiger partial charge in [-0.05, 0) is 44.4 Å². The van der Waals surface area contributed by atoms with Crippen LogP contribution in [-0.2, 0) is 11.3 Å². The number of benzene rings is 1. The Hall–Kier alpha value is -2.11. The summed E-state index contributed by atoms with van der Waals surface area (Å²) in [5.74, 6) is -0.0198. The molecular weight excluding hydrogens is 344 g/mol. The fraction of sp³-hybridized carbons (Fsp3) is 0.381. The Kier molecular flexibility index (Phi) is 4.83. The van der Waals surface area contributed by atoms with E-state index in [1.165, 1.54) is 16.0 Å². The van der Waals surface area contributed by atoms with Gasteiger partial charge in [0, 0.05) is 24.6 Å². The summed E-state index contributed by atoms with van der Waals surface area (Å²) in [6.45, 7) is 6.28. The molecule has 1 amide bonds. The highest BCUT2D eigenvalue weighted by Crippen LogP contribution is 2.29. The third kappa shape index (κ3) is 3.55. The van der Waals surface area contributed by atoms with Crippen LogP contribution in [0.3, 0.4) is 0 Å². The monoisotopic (exact) mass is 368 g/mol. The number of ether oxygens (including phenoxy) is 1. The molecule has 0 radical (unpaired) electrons. The van der Waals surface area contributed by atoms with Gasteiger partial charge in [-0.3, -0.25) is 4.79 Å². The van der Waals surface area contributed by atoms with Crippen molar-refractivity contribution in [3.05, 3.63) is 58.1 Å². The summed E-state index contributed by atoms with van der Waals surface area (Å²) < 4.78 is 8.91. The SMILES string of the molecule is Cc1ccc(Cn2c(C(=O)NCC3CCCO3)cc3sc(C)cc32)cc1. The van der Waals surface area contributed by atoms with Gasteiger partial charge in [-0.2, -0.15) is 0 Å². The first-order valence-electron chi connectivity index (χ1n) is 9.15. The summed E-state index contributed by atoms with van der Waals surface area (Å²) in [5.41, 5.74) is 4.30. The third-order valence-electron chi connectivity index (χ3n) is 4.92. The van der Waals surface area contributed by atoms with Crippen molar-refractivity contribution < 1.29 is 9.53 Å². The Morgan fingerprint density at radius 2 is 2.08 bits per heavy atom. The number of hydrogen-bond donors (Lipinski definition) is 1. The van der Waals surface area contributed by atoms with E-state index in [0.29, 0.717) is 13.1 Å². The maximum Gasteiger partial charge on any atom is 0.268 e. The predicted molar refractivity (Wildman–Crippen MR) is 106 cm³/mol. The predicted octanol–water partition coefficient (Wildman–Crippen LogP) is 4.28. The average molecular weight is 369 g/mol. The van der Waals surface area contributed by atoms with Crippen molar-refractivity contribution in [3.8, 4) is 0 Å². The zero-order valence-electron chi connectivity index (χ0n) is 15.2. The molecule has 1 unspecified atom stereocenters. The Labute approximate surface area is 157 Å². The van der Waals surface area contributed by atoms with E-state index >= 15 is 0 Å². The lowest BCUT2D eigenvalue weighted by molar-refractivity contribution is 0.0851. The van der Waals surface area contributed by atoms with Gasteiger partial charge < -0.3 is 14.6 Å². The van der Waals surface area contributed by atoms with Gasteiger partial charge >= 0.3 is 0 Å². The first-order valence-corrected chi connectivity index (χ1v) is 9.97. The van der Waals surface area contributed by atoms with Crippen LogP contribution in [0.1, 0.15) is 39.3 Å². The summed E-state index contributed by atoms with van der Waals surface area (Å²) in [6.07, 6.45) is 2.26. The summed E-state index contributed by atoms with van der Waals surface area (Å²) in [6, 6.07) is 12.7. The van der Waals surface area contributed by atoms with Gasteiger partial charge in [0.15, 0.2) is 0 Å². The lowest BCUT2D eigenvalue weighted by Gasteiger charge is -2.13. The largest absolute Gasteiger partial charge is 0.376 e. The van der Waals surface area contributed by atoms with Crippen LogP contribution in [0.4, 0.5) is 0 Å². The Balaban J connectivity index is 1.61. The first-order chi connectivity index (χ1) is 12.6. The van der Waals surface area contributed by atoms with Gasteiger partial charge in [0.2, 0.25) is 0 Å². The van der Waals surface area contributed by atoms with E-state index in [2.05, 4.69) is 54.1 Å². The molecule has 1 saturated heterocycles. The number of aromatic nitrogens is 1. The molecule has 3 aromatic rings. The summed E-state index contributed by atoms with van der Waals surface area (Å²) >= 11 is 1.74.